The zero-order valence-corrected chi connectivity index (χ0v) is 58.8. The topological polar surface area (TPSA) is 237 Å². The van der Waals surface area contributed by atoms with E-state index in [4.69, 9.17) is 37.0 Å². The highest BCUT2D eigenvalue weighted by atomic mass is 31.2. The van der Waals surface area contributed by atoms with Crippen LogP contribution in [0.2, 0.25) is 0 Å². The van der Waals surface area contributed by atoms with Crippen LogP contribution in [0, 0.1) is 11.8 Å². The standard InChI is InChI=1S/C69H134O17P2/c1-7-9-11-13-15-16-21-29-35-41-47-53-68(73)85-64(57-79-66(71)51-45-39-31-14-12-10-8-2)59-83-87(75,76)81-55-63(70)56-82-88(77,78)84-60-65(86-69(74)54-48-42-36-30-25-20-18-23-27-33-38-44-50-62(5)6)58-80-67(72)52-46-40-34-28-24-19-17-22-26-32-37-43-49-61(3)4/h61-65,70H,7-60H2,1-6H3,(H,75,76)(H,77,78)/t63-,64+,65+/m0/s1. The third-order valence-corrected chi connectivity index (χ3v) is 17.9. The Morgan fingerprint density at radius 1 is 0.307 bits per heavy atom. The number of carbonyl (C=O) groups excluding carboxylic acids is 4. The highest BCUT2D eigenvalue weighted by Crippen LogP contribution is 2.45. The first-order valence-electron chi connectivity index (χ1n) is 36.0. The van der Waals surface area contributed by atoms with Gasteiger partial charge in [-0.25, -0.2) is 9.13 Å². The van der Waals surface area contributed by atoms with E-state index >= 15 is 0 Å². The van der Waals surface area contributed by atoms with Crippen molar-refractivity contribution in [2.75, 3.05) is 39.6 Å². The predicted molar refractivity (Wildman–Crippen MR) is 354 cm³/mol. The SMILES string of the molecule is CCCCCCCCCCCCCC(=O)O[C@H](COC(=O)CCCCCCCCC)COP(=O)(O)OC[C@H](O)COP(=O)(O)OC[C@@H](COC(=O)CCCCCCCCCCCCCCC(C)C)OC(=O)CCCCCCCCCCCCCCC(C)C. The summed E-state index contributed by atoms with van der Waals surface area (Å²) < 4.78 is 68.1. The van der Waals surface area contributed by atoms with Crippen LogP contribution in [0.15, 0.2) is 0 Å². The van der Waals surface area contributed by atoms with Gasteiger partial charge in [0, 0.05) is 25.7 Å². The van der Waals surface area contributed by atoms with Crippen molar-refractivity contribution in [3.05, 3.63) is 0 Å². The monoisotopic (exact) mass is 1300 g/mol. The number of rotatable bonds is 68. The number of aliphatic hydroxyl groups excluding tert-OH is 1. The van der Waals surface area contributed by atoms with Crippen LogP contribution >= 0.6 is 15.6 Å². The number of hydrogen-bond acceptors (Lipinski definition) is 15. The maximum absolute atomic E-state index is 13.0. The molecule has 0 rings (SSSR count). The van der Waals surface area contributed by atoms with Crippen molar-refractivity contribution in [2.45, 2.75) is 368 Å². The number of aliphatic hydroxyl groups is 1. The van der Waals surface area contributed by atoms with Crippen molar-refractivity contribution < 1.29 is 80.2 Å². The number of phosphoric acid groups is 2. The maximum atomic E-state index is 13.0. The fourth-order valence-corrected chi connectivity index (χ4v) is 12.0. The molecule has 19 heteroatoms. The molecule has 2 unspecified atom stereocenters. The van der Waals surface area contributed by atoms with Gasteiger partial charge >= 0.3 is 39.5 Å². The summed E-state index contributed by atoms with van der Waals surface area (Å²) in [6.45, 7) is 9.52. The van der Waals surface area contributed by atoms with E-state index in [1.165, 1.54) is 154 Å². The average Bonchev–Trinajstić information content (AvgIpc) is 3.57. The quantitative estimate of drug-likeness (QED) is 0.0222. The first-order chi connectivity index (χ1) is 42.4. The Balaban J connectivity index is 5.21. The minimum atomic E-state index is -4.95. The maximum Gasteiger partial charge on any atom is 0.472 e. The second-order valence-corrected chi connectivity index (χ2v) is 28.8. The summed E-state index contributed by atoms with van der Waals surface area (Å²) in [5.74, 6) is -0.570. The van der Waals surface area contributed by atoms with Gasteiger partial charge in [-0.1, -0.05) is 298 Å². The zero-order chi connectivity index (χ0) is 65.0. The number of phosphoric ester groups is 2. The Bertz CT molecular complexity index is 1720. The lowest BCUT2D eigenvalue weighted by molar-refractivity contribution is -0.161. The third-order valence-electron chi connectivity index (χ3n) is 16.0. The van der Waals surface area contributed by atoms with Gasteiger partial charge in [-0.15, -0.1) is 0 Å². The molecule has 0 saturated carbocycles. The van der Waals surface area contributed by atoms with E-state index in [9.17, 15) is 43.2 Å². The van der Waals surface area contributed by atoms with Gasteiger partial charge in [0.05, 0.1) is 26.4 Å². The Morgan fingerprint density at radius 2 is 0.523 bits per heavy atom. The number of carbonyl (C=O) groups is 4. The molecule has 88 heavy (non-hydrogen) atoms. The van der Waals surface area contributed by atoms with Gasteiger partial charge in [-0.2, -0.15) is 0 Å². The van der Waals surface area contributed by atoms with E-state index in [1.54, 1.807) is 0 Å². The Hall–Kier alpha value is -1.94. The second-order valence-electron chi connectivity index (χ2n) is 25.9. The van der Waals surface area contributed by atoms with E-state index in [0.717, 1.165) is 115 Å². The van der Waals surface area contributed by atoms with Gasteiger partial charge in [0.2, 0.25) is 0 Å². The molecule has 17 nitrogen and oxygen atoms in total. The van der Waals surface area contributed by atoms with E-state index in [0.29, 0.717) is 25.7 Å². The lowest BCUT2D eigenvalue weighted by Gasteiger charge is -2.21. The van der Waals surface area contributed by atoms with E-state index < -0.39 is 97.5 Å². The van der Waals surface area contributed by atoms with E-state index in [1.807, 2.05) is 0 Å². The van der Waals surface area contributed by atoms with Crippen molar-refractivity contribution in [1.29, 1.82) is 0 Å². The van der Waals surface area contributed by atoms with E-state index in [2.05, 4.69) is 41.5 Å². The number of esters is 4. The molecule has 0 aromatic carbocycles. The van der Waals surface area contributed by atoms with Crippen LogP contribution in [0.1, 0.15) is 350 Å². The molecular weight excluding hydrogens is 1160 g/mol. The molecule has 0 aromatic heterocycles. The van der Waals surface area contributed by atoms with Gasteiger partial charge in [0.25, 0.3) is 0 Å². The minimum absolute atomic E-state index is 0.106. The summed E-state index contributed by atoms with van der Waals surface area (Å²) in [5.41, 5.74) is 0. The summed E-state index contributed by atoms with van der Waals surface area (Å²) in [6, 6.07) is 0. The second kappa shape index (κ2) is 61.3. The zero-order valence-electron chi connectivity index (χ0n) is 57.0. The molecule has 0 heterocycles. The van der Waals surface area contributed by atoms with Crippen LogP contribution in [0.4, 0.5) is 0 Å². The molecule has 0 bridgehead atoms. The summed E-state index contributed by atoms with van der Waals surface area (Å²) in [6.07, 6.45) is 45.8. The van der Waals surface area contributed by atoms with Gasteiger partial charge < -0.3 is 33.8 Å². The highest BCUT2D eigenvalue weighted by molar-refractivity contribution is 7.47. The molecule has 0 saturated heterocycles. The molecule has 0 aromatic rings. The van der Waals surface area contributed by atoms with Gasteiger partial charge in [0.1, 0.15) is 19.3 Å². The van der Waals surface area contributed by atoms with Crippen molar-refractivity contribution in [3.63, 3.8) is 0 Å². The van der Waals surface area contributed by atoms with Gasteiger partial charge in [0.15, 0.2) is 12.2 Å². The lowest BCUT2D eigenvalue weighted by Crippen LogP contribution is -2.30. The minimum Gasteiger partial charge on any atom is -0.462 e. The summed E-state index contributed by atoms with van der Waals surface area (Å²) in [4.78, 5) is 72.4. The number of hydrogen-bond donors (Lipinski definition) is 3. The van der Waals surface area contributed by atoms with Crippen molar-refractivity contribution >= 4 is 39.5 Å². The molecule has 0 aliphatic carbocycles. The molecule has 0 aliphatic heterocycles. The average molecular weight is 1300 g/mol. The van der Waals surface area contributed by atoms with Crippen LogP contribution in [0.3, 0.4) is 0 Å². The molecule has 0 amide bonds. The summed E-state index contributed by atoms with van der Waals surface area (Å²) >= 11 is 0. The summed E-state index contributed by atoms with van der Waals surface area (Å²) in [5, 5.41) is 10.6. The molecule has 522 valence electrons. The lowest BCUT2D eigenvalue weighted by atomic mass is 10.0. The molecule has 0 fully saturated rings. The van der Waals surface area contributed by atoms with Gasteiger partial charge in [-0.05, 0) is 37.5 Å². The first-order valence-corrected chi connectivity index (χ1v) is 39.0. The van der Waals surface area contributed by atoms with Crippen LogP contribution in [-0.4, -0.2) is 96.7 Å². The fraction of sp³-hybridized carbons (Fsp3) is 0.942. The van der Waals surface area contributed by atoms with Crippen molar-refractivity contribution in [2.24, 2.45) is 11.8 Å². The Morgan fingerprint density at radius 3 is 0.773 bits per heavy atom. The Kier molecular flexibility index (Phi) is 59.9. The number of unbranched alkanes of at least 4 members (excludes halogenated alkanes) is 38. The largest absolute Gasteiger partial charge is 0.472 e. The van der Waals surface area contributed by atoms with Crippen LogP contribution in [0.25, 0.3) is 0 Å². The predicted octanol–water partition coefficient (Wildman–Crippen LogP) is 19.6. The molecule has 3 N–H and O–H groups in total. The van der Waals surface area contributed by atoms with Crippen LogP contribution in [-0.2, 0) is 65.4 Å². The van der Waals surface area contributed by atoms with Crippen molar-refractivity contribution in [3.8, 4) is 0 Å². The highest BCUT2D eigenvalue weighted by Gasteiger charge is 2.30. The molecule has 5 atom stereocenters. The van der Waals surface area contributed by atoms with Gasteiger partial charge in [-0.3, -0.25) is 37.3 Å². The number of ether oxygens (including phenoxy) is 4. The fourth-order valence-electron chi connectivity index (χ4n) is 10.4. The third kappa shape index (κ3) is 62.8. The van der Waals surface area contributed by atoms with Crippen LogP contribution < -0.4 is 0 Å². The molecular formula is C69H134O17P2. The van der Waals surface area contributed by atoms with Crippen LogP contribution in [0.5, 0.6) is 0 Å². The molecule has 0 aliphatic rings. The van der Waals surface area contributed by atoms with Crippen molar-refractivity contribution in [1.82, 2.24) is 0 Å². The Labute approximate surface area is 537 Å². The molecule has 0 spiro atoms. The molecule has 0 radical (unpaired) electrons. The first kappa shape index (κ1) is 86.1. The normalized spacial score (nSPS) is 14.2. The summed E-state index contributed by atoms with van der Waals surface area (Å²) in [7, 11) is -9.89. The smallest absolute Gasteiger partial charge is 0.462 e. The van der Waals surface area contributed by atoms with E-state index in [-0.39, 0.29) is 25.7 Å².